The summed E-state index contributed by atoms with van der Waals surface area (Å²) in [5, 5.41) is 9.89. The first kappa shape index (κ1) is 36.5. The minimum absolute atomic E-state index is 0.755. The van der Waals surface area contributed by atoms with E-state index < -0.39 is 18.2 Å². The molecule has 7 rings (SSSR count). The van der Waals surface area contributed by atoms with Crippen molar-refractivity contribution in [3.63, 3.8) is 0 Å². The second-order valence-corrected chi connectivity index (χ2v) is 22.5. The van der Waals surface area contributed by atoms with Crippen LogP contribution in [0, 0.1) is 5.92 Å². The standard InChI is InChI=1S/C9H14.3C7H13N3.3ClH.Zr/c1-2-3-6-9-7-4-5-8-9;3*1-3-8-7-9-4-2-6-10(7)5-1;;;;/h4-5,7-9H,2-3,6H2,1H3;3*1-6H2,(H,8,9);3*1H;/q;;;;;;;+3/p-3. The number of unbranched alkanes of at least 4 members (excludes halogenated alkanes) is 1. The monoisotopic (exact) mass is 734 g/mol. The fourth-order valence-electron chi connectivity index (χ4n) is 5.63. The number of allylic oxidation sites excluding steroid dienone is 4. The molecule has 0 unspecified atom stereocenters. The van der Waals surface area contributed by atoms with Gasteiger partial charge in [0.1, 0.15) is 0 Å². The first-order chi connectivity index (χ1) is 21.1. The molecule has 0 radical (unpaired) electrons. The minimum atomic E-state index is -2.13. The van der Waals surface area contributed by atoms with E-state index in [2.05, 4.69) is 76.9 Å². The maximum absolute atomic E-state index is 5.00. The zero-order chi connectivity index (χ0) is 30.5. The molecule has 0 spiro atoms. The summed E-state index contributed by atoms with van der Waals surface area (Å²) in [4.78, 5) is 20.2. The molecule has 0 bridgehead atoms. The molecule has 43 heavy (non-hydrogen) atoms. The third-order valence-corrected chi connectivity index (χ3v) is 7.82. The van der Waals surface area contributed by atoms with E-state index in [1.54, 1.807) is 0 Å². The maximum atomic E-state index is 5.00. The van der Waals surface area contributed by atoms with Crippen LogP contribution in [0.5, 0.6) is 0 Å². The fraction of sp³-hybridized carbons (Fsp3) is 0.767. The van der Waals surface area contributed by atoms with Gasteiger partial charge in [0.05, 0.1) is 0 Å². The fourth-order valence-corrected chi connectivity index (χ4v) is 5.63. The Morgan fingerprint density at radius 3 is 1.33 bits per heavy atom. The molecule has 3 saturated heterocycles. The number of hydrogen-bond acceptors (Lipinski definition) is 9. The van der Waals surface area contributed by atoms with Crippen LogP contribution in [-0.4, -0.2) is 111 Å². The van der Waals surface area contributed by atoms with E-state index in [1.807, 2.05) is 0 Å². The summed E-state index contributed by atoms with van der Waals surface area (Å²) in [5.41, 5.74) is 0. The van der Waals surface area contributed by atoms with Crippen LogP contribution < -0.4 is 16.0 Å². The molecular formula is C30H53Cl3N9Zr. The topological polar surface area (TPSA) is 82.9 Å². The molecule has 3 N–H and O–H groups in total. The van der Waals surface area contributed by atoms with E-state index in [-0.39, 0.29) is 0 Å². The van der Waals surface area contributed by atoms with Crippen molar-refractivity contribution < 1.29 is 18.2 Å². The van der Waals surface area contributed by atoms with Crippen LogP contribution in [0.4, 0.5) is 0 Å². The van der Waals surface area contributed by atoms with Crippen molar-refractivity contribution in [3.05, 3.63) is 24.3 Å². The predicted octanol–water partition coefficient (Wildman–Crippen LogP) is 5.11. The van der Waals surface area contributed by atoms with Crippen LogP contribution >= 0.6 is 25.5 Å². The molecule has 0 aromatic heterocycles. The van der Waals surface area contributed by atoms with Crippen molar-refractivity contribution in [1.82, 2.24) is 30.7 Å². The Morgan fingerprint density at radius 2 is 1.00 bits per heavy atom. The zero-order valence-corrected chi connectivity index (χ0v) is 30.8. The van der Waals surface area contributed by atoms with Crippen molar-refractivity contribution in [3.8, 4) is 0 Å². The number of nitrogens with one attached hydrogen (secondary N) is 3. The van der Waals surface area contributed by atoms with E-state index in [1.165, 1.54) is 97.1 Å². The number of aliphatic imine (C=N–C) groups is 3. The van der Waals surface area contributed by atoms with Crippen LogP contribution in [0.25, 0.3) is 0 Å². The number of halogens is 3. The summed E-state index contributed by atoms with van der Waals surface area (Å²) in [5.74, 6) is 4.16. The average Bonchev–Trinajstić information content (AvgIpc) is 3.59. The number of hydrogen-bond donors (Lipinski definition) is 3. The van der Waals surface area contributed by atoms with E-state index >= 15 is 0 Å². The van der Waals surface area contributed by atoms with Gasteiger partial charge in [-0.05, 0) is 50.9 Å². The molecule has 9 nitrogen and oxygen atoms in total. The molecule has 0 amide bonds. The van der Waals surface area contributed by atoms with Crippen LogP contribution in [-0.2, 0) is 18.2 Å². The van der Waals surface area contributed by atoms with Gasteiger partial charge in [-0.15, -0.1) is 0 Å². The van der Waals surface area contributed by atoms with Crippen LogP contribution in [0.3, 0.4) is 0 Å². The van der Waals surface area contributed by atoms with Gasteiger partial charge in [-0.2, -0.15) is 0 Å². The first-order valence-electron chi connectivity index (χ1n) is 16.3. The van der Waals surface area contributed by atoms with Gasteiger partial charge in [-0.25, -0.2) is 0 Å². The summed E-state index contributed by atoms with van der Waals surface area (Å²) >= 11 is -2.13. The Hall–Kier alpha value is -0.957. The Morgan fingerprint density at radius 1 is 0.651 bits per heavy atom. The van der Waals surface area contributed by atoms with Gasteiger partial charge in [-0.1, -0.05) is 44.1 Å². The van der Waals surface area contributed by atoms with E-state index in [0.717, 1.165) is 63.1 Å². The molecule has 7 aliphatic rings. The van der Waals surface area contributed by atoms with Crippen LogP contribution in [0.15, 0.2) is 39.3 Å². The van der Waals surface area contributed by atoms with Gasteiger partial charge >= 0.3 is 43.7 Å². The summed E-state index contributed by atoms with van der Waals surface area (Å²) in [6, 6.07) is 0. The summed E-state index contributed by atoms with van der Waals surface area (Å²) in [7, 11) is 15.0. The summed E-state index contributed by atoms with van der Waals surface area (Å²) < 4.78 is 0. The molecule has 6 heterocycles. The van der Waals surface area contributed by atoms with Gasteiger partial charge in [0.25, 0.3) is 0 Å². The third-order valence-electron chi connectivity index (χ3n) is 7.82. The SMILES string of the molecule is C1CN=C2NCCCN2C1.C1CN=C2NCCCN2C1.C1CN=C2NCCCN2C1.CCCCC1C=CC=C1.[Cl][Zr]([Cl])[Cl]. The van der Waals surface area contributed by atoms with Gasteiger partial charge in [-0.3, -0.25) is 15.0 Å². The average molecular weight is 737 g/mol. The summed E-state index contributed by atoms with van der Waals surface area (Å²) in [6.45, 7) is 15.8. The van der Waals surface area contributed by atoms with Gasteiger partial charge < -0.3 is 30.7 Å². The van der Waals surface area contributed by atoms with E-state index in [4.69, 9.17) is 25.5 Å². The number of fused-ring (bicyclic) bond motifs is 3. The Balaban J connectivity index is 0.000000151. The predicted molar refractivity (Wildman–Crippen MR) is 182 cm³/mol. The zero-order valence-electron chi connectivity index (χ0n) is 26.1. The second-order valence-electron chi connectivity index (χ2n) is 11.3. The van der Waals surface area contributed by atoms with Gasteiger partial charge in [0.2, 0.25) is 0 Å². The summed E-state index contributed by atoms with van der Waals surface area (Å²) in [6.07, 6.45) is 20.3. The number of guanidine groups is 3. The normalized spacial score (nSPS) is 21.6. The molecule has 0 aromatic rings. The molecule has 3 fully saturated rings. The van der Waals surface area contributed by atoms with Gasteiger partial charge in [0, 0.05) is 78.5 Å². The molecular weight excluding hydrogens is 684 g/mol. The van der Waals surface area contributed by atoms with Gasteiger partial charge in [0.15, 0.2) is 17.9 Å². The molecule has 1 aliphatic carbocycles. The van der Waals surface area contributed by atoms with Crippen molar-refractivity contribution in [1.29, 1.82) is 0 Å². The first-order valence-corrected chi connectivity index (χ1v) is 25.8. The Kier molecular flexibility index (Phi) is 19.1. The molecule has 0 atom stereocenters. The molecule has 6 aliphatic heterocycles. The number of rotatable bonds is 3. The van der Waals surface area contributed by atoms with Crippen molar-refractivity contribution in [2.45, 2.75) is 64.7 Å². The van der Waals surface area contributed by atoms with Crippen molar-refractivity contribution in [2.75, 3.05) is 78.5 Å². The molecule has 13 heteroatoms. The van der Waals surface area contributed by atoms with Crippen LogP contribution in [0.2, 0.25) is 0 Å². The Bertz CT molecular complexity index is 828. The second kappa shape index (κ2) is 22.5. The van der Waals surface area contributed by atoms with Crippen molar-refractivity contribution in [2.24, 2.45) is 20.9 Å². The molecule has 243 valence electrons. The van der Waals surface area contributed by atoms with Crippen molar-refractivity contribution >= 4 is 43.4 Å². The number of nitrogens with zero attached hydrogens (tertiary/aromatic N) is 6. The Labute approximate surface area is 279 Å². The molecule has 0 saturated carbocycles. The van der Waals surface area contributed by atoms with E-state index in [0.29, 0.717) is 0 Å². The molecule has 0 aromatic carbocycles. The quantitative estimate of drug-likeness (QED) is 0.374. The van der Waals surface area contributed by atoms with E-state index in [9.17, 15) is 0 Å². The van der Waals surface area contributed by atoms with Crippen LogP contribution in [0.1, 0.15) is 64.7 Å². The third kappa shape index (κ3) is 15.3.